The number of para-hydroxylation sites is 1. The average Bonchev–Trinajstić information content (AvgIpc) is 3.10. The number of aliphatic imine (C=N–C) groups is 1. The lowest BCUT2D eigenvalue weighted by Crippen LogP contribution is -2.06. The van der Waals surface area contributed by atoms with Crippen LogP contribution in [0.3, 0.4) is 0 Å². The molecule has 0 fully saturated rings. The van der Waals surface area contributed by atoms with Crippen LogP contribution in [0.5, 0.6) is 5.75 Å². The molecule has 4 nitrogen and oxygen atoms in total. The number of hydrogen-bond acceptors (Lipinski definition) is 5. The van der Waals surface area contributed by atoms with Crippen LogP contribution in [-0.4, -0.2) is 16.6 Å². The molecule has 1 aliphatic rings. The smallest absolute Gasteiger partial charge is 0.228 e. The molecule has 1 aromatic heterocycles. The molecule has 5 aromatic rings. The highest BCUT2D eigenvalue weighted by molar-refractivity contribution is 7.99. The fraction of sp³-hybridized carbons (Fsp3) is 0.125. The van der Waals surface area contributed by atoms with E-state index in [1.165, 1.54) is 11.1 Å². The summed E-state index contributed by atoms with van der Waals surface area (Å²) >= 11 is 1.79. The van der Waals surface area contributed by atoms with Gasteiger partial charge in [-0.25, -0.2) is 0 Å². The van der Waals surface area contributed by atoms with E-state index in [2.05, 4.69) is 37.3 Å². The number of fused-ring (bicyclic) bond motifs is 2. The molecular formula is C32H25NO3S. The monoisotopic (exact) mass is 503 g/mol. The van der Waals surface area contributed by atoms with Gasteiger partial charge >= 0.3 is 0 Å². The molecule has 0 unspecified atom stereocenters. The Labute approximate surface area is 219 Å². The fourth-order valence-corrected chi connectivity index (χ4v) is 6.00. The molecular weight excluding hydrogens is 478 g/mol. The predicted molar refractivity (Wildman–Crippen MR) is 150 cm³/mol. The average molecular weight is 504 g/mol. The minimum atomic E-state index is -0.174. The number of thioether (sulfide) groups is 1. The lowest BCUT2D eigenvalue weighted by molar-refractivity contribution is 0.101. The zero-order valence-electron chi connectivity index (χ0n) is 20.6. The molecule has 5 heteroatoms. The molecule has 0 spiro atoms. The van der Waals surface area contributed by atoms with Crippen molar-refractivity contribution < 1.29 is 14.3 Å². The maximum Gasteiger partial charge on any atom is 0.228 e. The number of ketones is 1. The van der Waals surface area contributed by atoms with E-state index in [9.17, 15) is 9.90 Å². The molecule has 4 aromatic carbocycles. The van der Waals surface area contributed by atoms with Gasteiger partial charge < -0.3 is 9.52 Å². The van der Waals surface area contributed by atoms with E-state index < -0.39 is 0 Å². The van der Waals surface area contributed by atoms with E-state index in [-0.39, 0.29) is 16.8 Å². The van der Waals surface area contributed by atoms with E-state index in [4.69, 9.17) is 9.41 Å². The molecule has 182 valence electrons. The number of rotatable bonds is 4. The van der Waals surface area contributed by atoms with Gasteiger partial charge in [0.2, 0.25) is 5.78 Å². The van der Waals surface area contributed by atoms with Gasteiger partial charge in [-0.15, -0.1) is 11.8 Å². The van der Waals surface area contributed by atoms with Gasteiger partial charge in [-0.05, 0) is 37.6 Å². The third kappa shape index (κ3) is 4.36. The lowest BCUT2D eigenvalue weighted by atomic mass is 9.97. The molecule has 2 heterocycles. The Balaban J connectivity index is 1.46. The topological polar surface area (TPSA) is 62.8 Å². The number of aryl methyl sites for hydroxylation is 2. The standard InChI is InChI=1S/C32H25NO3S/c1-19-12-14-21(15-13-19)30-17-26(33-25-10-6-7-11-29(25)37-30)24-16-23-20(2)32(36-28(23)18-27(24)34)31(35)22-8-4-3-5-9-22/h3-16,18,30,34H,17H2,1-2H3/t30-/m1/s1. The molecule has 0 saturated carbocycles. The van der Waals surface area contributed by atoms with E-state index in [0.717, 1.165) is 27.2 Å². The van der Waals surface area contributed by atoms with Crippen LogP contribution in [0.1, 0.15) is 50.0 Å². The van der Waals surface area contributed by atoms with Crippen molar-refractivity contribution in [1.29, 1.82) is 0 Å². The Morgan fingerprint density at radius 2 is 1.68 bits per heavy atom. The van der Waals surface area contributed by atoms with Gasteiger partial charge in [-0.2, -0.15) is 0 Å². The van der Waals surface area contributed by atoms with E-state index >= 15 is 0 Å². The Morgan fingerprint density at radius 1 is 0.946 bits per heavy atom. The highest BCUT2D eigenvalue weighted by atomic mass is 32.2. The summed E-state index contributed by atoms with van der Waals surface area (Å²) < 4.78 is 5.97. The van der Waals surface area contributed by atoms with Gasteiger partial charge in [0.05, 0.1) is 11.4 Å². The number of furan rings is 1. The van der Waals surface area contributed by atoms with Gasteiger partial charge in [0.15, 0.2) is 5.76 Å². The van der Waals surface area contributed by atoms with Crippen molar-refractivity contribution in [3.63, 3.8) is 0 Å². The maximum absolute atomic E-state index is 13.1. The van der Waals surface area contributed by atoms with Crippen molar-refractivity contribution in [1.82, 2.24) is 0 Å². The van der Waals surface area contributed by atoms with E-state index in [0.29, 0.717) is 28.9 Å². The third-order valence-electron chi connectivity index (χ3n) is 6.83. The zero-order valence-corrected chi connectivity index (χ0v) is 21.4. The van der Waals surface area contributed by atoms with Crippen molar-refractivity contribution in [3.05, 3.63) is 125 Å². The van der Waals surface area contributed by atoms with E-state index in [1.54, 1.807) is 30.0 Å². The Morgan fingerprint density at radius 3 is 2.46 bits per heavy atom. The second-order valence-electron chi connectivity index (χ2n) is 9.36. The first-order valence-corrected chi connectivity index (χ1v) is 13.1. The van der Waals surface area contributed by atoms with Gasteiger partial charge in [-0.3, -0.25) is 9.79 Å². The Kier molecular flexibility index (Phi) is 5.93. The van der Waals surface area contributed by atoms with Crippen LogP contribution in [0.4, 0.5) is 5.69 Å². The van der Waals surface area contributed by atoms with Gasteiger partial charge in [0, 0.05) is 44.7 Å². The first-order valence-electron chi connectivity index (χ1n) is 12.2. The number of aromatic hydroxyl groups is 1. The maximum atomic E-state index is 13.1. The largest absolute Gasteiger partial charge is 0.507 e. The van der Waals surface area contributed by atoms with E-state index in [1.807, 2.05) is 49.4 Å². The van der Waals surface area contributed by atoms with Crippen LogP contribution in [0.2, 0.25) is 0 Å². The molecule has 1 N–H and O–H groups in total. The zero-order chi connectivity index (χ0) is 25.5. The number of nitrogens with zero attached hydrogens (tertiary/aromatic N) is 1. The van der Waals surface area contributed by atoms with Crippen molar-refractivity contribution in [3.8, 4) is 5.75 Å². The summed E-state index contributed by atoms with van der Waals surface area (Å²) in [4.78, 5) is 19.3. The number of hydrogen-bond donors (Lipinski definition) is 1. The molecule has 0 amide bonds. The highest BCUT2D eigenvalue weighted by Gasteiger charge is 2.26. The fourth-order valence-electron chi connectivity index (χ4n) is 4.77. The van der Waals surface area contributed by atoms with Crippen LogP contribution in [0, 0.1) is 13.8 Å². The van der Waals surface area contributed by atoms with Gasteiger partial charge in [0.1, 0.15) is 11.3 Å². The molecule has 0 radical (unpaired) electrons. The summed E-state index contributed by atoms with van der Waals surface area (Å²) in [6.45, 7) is 3.97. The molecule has 1 aliphatic heterocycles. The number of phenolic OH excluding ortho intramolecular Hbond substituents is 1. The summed E-state index contributed by atoms with van der Waals surface area (Å²) in [6, 6.07) is 29.3. The number of phenols is 1. The lowest BCUT2D eigenvalue weighted by Gasteiger charge is -2.17. The van der Waals surface area contributed by atoms with Crippen LogP contribution in [0.15, 0.2) is 105 Å². The van der Waals surface area contributed by atoms with Crippen molar-refractivity contribution in [2.45, 2.75) is 30.4 Å². The summed E-state index contributed by atoms with van der Waals surface area (Å²) in [6.07, 6.45) is 0.647. The minimum Gasteiger partial charge on any atom is -0.507 e. The molecule has 1 atom stereocenters. The summed E-state index contributed by atoms with van der Waals surface area (Å²) in [5.74, 6) is 0.205. The second-order valence-corrected chi connectivity index (χ2v) is 10.6. The van der Waals surface area contributed by atoms with Crippen molar-refractivity contribution >= 4 is 39.9 Å². The number of benzene rings is 4. The van der Waals surface area contributed by atoms with Crippen LogP contribution in [-0.2, 0) is 0 Å². The molecule has 0 bridgehead atoms. The number of carbonyl (C=O) groups is 1. The van der Waals surface area contributed by atoms with Gasteiger partial charge in [-0.1, -0.05) is 72.3 Å². The predicted octanol–water partition coefficient (Wildman–Crippen LogP) is 8.34. The quantitative estimate of drug-likeness (QED) is 0.250. The minimum absolute atomic E-state index is 0.0887. The second kappa shape index (κ2) is 9.41. The van der Waals surface area contributed by atoms with Crippen LogP contribution in [0.25, 0.3) is 11.0 Å². The normalized spacial score (nSPS) is 15.2. The van der Waals surface area contributed by atoms with Crippen molar-refractivity contribution in [2.75, 3.05) is 0 Å². The van der Waals surface area contributed by atoms with Crippen molar-refractivity contribution in [2.24, 2.45) is 4.99 Å². The number of carbonyl (C=O) groups excluding carboxylic acids is 1. The molecule has 37 heavy (non-hydrogen) atoms. The molecule has 6 rings (SSSR count). The Bertz CT molecular complexity index is 1670. The summed E-state index contributed by atoms with van der Waals surface area (Å²) in [5, 5.41) is 12.1. The first-order chi connectivity index (χ1) is 18.0. The van der Waals surface area contributed by atoms with Crippen LogP contribution >= 0.6 is 11.8 Å². The summed E-state index contributed by atoms with van der Waals surface area (Å²) in [5.41, 5.74) is 6.59. The van der Waals surface area contributed by atoms with Gasteiger partial charge in [0.25, 0.3) is 0 Å². The highest BCUT2D eigenvalue weighted by Crippen LogP contribution is 2.46. The molecule has 0 saturated heterocycles. The van der Waals surface area contributed by atoms with Crippen LogP contribution < -0.4 is 0 Å². The SMILES string of the molecule is Cc1ccc([C@H]2CC(c3cc4c(C)c(C(=O)c5ccccc5)oc4cc3O)=Nc3ccccc3S2)cc1. The third-order valence-corrected chi connectivity index (χ3v) is 8.15. The Hall–Kier alpha value is -4.09. The first kappa shape index (κ1) is 23.3. The molecule has 0 aliphatic carbocycles. The summed E-state index contributed by atoms with van der Waals surface area (Å²) in [7, 11) is 0.